The fourth-order valence-corrected chi connectivity index (χ4v) is 2.68. The van der Waals surface area contributed by atoms with Gasteiger partial charge in [-0.1, -0.05) is 17.7 Å². The van der Waals surface area contributed by atoms with Crippen molar-refractivity contribution in [3.8, 4) is 5.97 Å². The van der Waals surface area contributed by atoms with Gasteiger partial charge in [-0.05, 0) is 18.2 Å². The molecule has 1 aliphatic rings. The Hall–Kier alpha value is -1.77. The SMILES string of the molecule is C[N+]1([B-]C#N)CCC=C(c2nc3cc(Cl)ccc3o2)C1. The number of quaternary nitrogens is 1. The molecule has 0 spiro atoms. The molecule has 1 aliphatic heterocycles. The molecule has 0 fully saturated rings. The molecule has 0 N–H and O–H groups in total. The zero-order chi connectivity index (χ0) is 14.2. The molecular formula is C14H13BClN3O. The van der Waals surface area contributed by atoms with Crippen LogP contribution in [-0.2, 0) is 0 Å². The predicted octanol–water partition coefficient (Wildman–Crippen LogP) is 2.82. The van der Waals surface area contributed by atoms with Gasteiger partial charge in [0.15, 0.2) is 5.58 Å². The Morgan fingerprint density at radius 1 is 1.50 bits per heavy atom. The Kier molecular flexibility index (Phi) is 3.29. The highest BCUT2D eigenvalue weighted by atomic mass is 35.5. The first kappa shape index (κ1) is 13.2. The van der Waals surface area contributed by atoms with E-state index in [0.717, 1.165) is 29.6 Å². The Labute approximate surface area is 123 Å². The van der Waals surface area contributed by atoms with Gasteiger partial charge < -0.3 is 8.81 Å². The van der Waals surface area contributed by atoms with Crippen LogP contribution >= 0.6 is 11.6 Å². The summed E-state index contributed by atoms with van der Waals surface area (Å²) in [5.74, 6) is 2.76. The average Bonchev–Trinajstić information content (AvgIpc) is 2.81. The fraction of sp³-hybridized carbons (Fsp3) is 0.286. The third-order valence-electron chi connectivity index (χ3n) is 3.56. The molecule has 4 nitrogen and oxygen atoms in total. The maximum absolute atomic E-state index is 8.89. The fourth-order valence-electron chi connectivity index (χ4n) is 2.51. The predicted molar refractivity (Wildman–Crippen MR) is 78.9 cm³/mol. The van der Waals surface area contributed by atoms with Crippen molar-refractivity contribution < 1.29 is 8.81 Å². The number of hydrogen-bond donors (Lipinski definition) is 0. The highest BCUT2D eigenvalue weighted by Gasteiger charge is 2.22. The zero-order valence-electron chi connectivity index (χ0n) is 11.1. The van der Waals surface area contributed by atoms with Crippen LogP contribution in [0.4, 0.5) is 0 Å². The van der Waals surface area contributed by atoms with Gasteiger partial charge in [-0.3, -0.25) is 0 Å². The number of halogens is 1. The van der Waals surface area contributed by atoms with Crippen LogP contribution < -0.4 is 0 Å². The second-order valence-corrected chi connectivity index (χ2v) is 5.70. The van der Waals surface area contributed by atoms with E-state index in [0.29, 0.717) is 21.9 Å². The smallest absolute Gasteiger partial charge is 0.228 e. The molecule has 6 heteroatoms. The first-order valence-corrected chi connectivity index (χ1v) is 6.81. The van der Waals surface area contributed by atoms with Crippen molar-refractivity contribution >= 4 is 35.7 Å². The summed E-state index contributed by atoms with van der Waals surface area (Å²) in [6.07, 6.45) is 3.04. The molecule has 0 saturated carbocycles. The molecule has 2 aromatic rings. The highest BCUT2D eigenvalue weighted by Crippen LogP contribution is 2.27. The number of rotatable bonds is 2. The van der Waals surface area contributed by atoms with Gasteiger partial charge in [-0.15, -0.1) is 5.97 Å². The second-order valence-electron chi connectivity index (χ2n) is 5.27. The van der Waals surface area contributed by atoms with Crippen LogP contribution in [0.3, 0.4) is 0 Å². The third kappa shape index (κ3) is 2.45. The van der Waals surface area contributed by atoms with E-state index in [1.165, 1.54) is 0 Å². The molecule has 100 valence electrons. The van der Waals surface area contributed by atoms with E-state index in [-0.39, 0.29) is 0 Å². The van der Waals surface area contributed by atoms with Crippen LogP contribution in [0.1, 0.15) is 12.3 Å². The molecule has 20 heavy (non-hydrogen) atoms. The van der Waals surface area contributed by atoms with E-state index in [1.807, 2.05) is 13.1 Å². The maximum Gasteiger partial charge on any atom is 0.228 e. The lowest BCUT2D eigenvalue weighted by Gasteiger charge is -2.46. The monoisotopic (exact) mass is 285 g/mol. The lowest BCUT2D eigenvalue weighted by molar-refractivity contribution is -0.792. The molecule has 3 rings (SSSR count). The molecule has 1 atom stereocenters. The van der Waals surface area contributed by atoms with Crippen LogP contribution in [-0.4, -0.2) is 36.9 Å². The van der Waals surface area contributed by atoms with Gasteiger partial charge in [-0.2, -0.15) is 0 Å². The van der Waals surface area contributed by atoms with Gasteiger partial charge in [0.05, 0.1) is 12.1 Å². The normalized spacial score (nSPS) is 22.6. The summed E-state index contributed by atoms with van der Waals surface area (Å²) in [5, 5.41) is 9.54. The number of benzene rings is 1. The lowest BCUT2D eigenvalue weighted by Crippen LogP contribution is -2.50. The summed E-state index contributed by atoms with van der Waals surface area (Å²) in [7, 11) is 3.70. The second kappa shape index (κ2) is 4.97. The Morgan fingerprint density at radius 2 is 2.35 bits per heavy atom. The number of nitrogens with zero attached hydrogens (tertiary/aromatic N) is 3. The Bertz CT molecular complexity index is 734. The number of hydrogen-bond acceptors (Lipinski definition) is 3. The molecule has 0 saturated heterocycles. The molecule has 0 bridgehead atoms. The van der Waals surface area contributed by atoms with Crippen LogP contribution in [0, 0.1) is 11.2 Å². The number of aromatic nitrogens is 1. The third-order valence-corrected chi connectivity index (χ3v) is 3.79. The van der Waals surface area contributed by atoms with Gasteiger partial charge in [0.2, 0.25) is 5.89 Å². The minimum atomic E-state index is 0.585. The van der Waals surface area contributed by atoms with Gasteiger partial charge >= 0.3 is 0 Å². The van der Waals surface area contributed by atoms with Gasteiger partial charge in [0, 0.05) is 25.0 Å². The van der Waals surface area contributed by atoms with Gasteiger partial charge in [-0.25, -0.2) is 10.2 Å². The Morgan fingerprint density at radius 3 is 3.15 bits per heavy atom. The largest absolute Gasteiger partial charge is 0.546 e. The van der Waals surface area contributed by atoms with Crippen LogP contribution in [0.15, 0.2) is 28.7 Å². The standard InChI is InChI=1S/C14H13BClN3O/c1-19(15-9-17)6-2-3-10(8-19)14-18-12-7-11(16)4-5-13(12)20-14/h3-5,7H,2,6,8H2,1H3. The summed E-state index contributed by atoms with van der Waals surface area (Å²) >= 11 is 5.96. The van der Waals surface area contributed by atoms with E-state index in [2.05, 4.69) is 17.0 Å². The molecule has 1 aromatic heterocycles. The Balaban J connectivity index is 1.95. The molecular weight excluding hydrogens is 272 g/mol. The summed E-state index contributed by atoms with van der Waals surface area (Å²) in [6, 6.07) is 5.41. The van der Waals surface area contributed by atoms with Gasteiger partial charge in [0.1, 0.15) is 12.9 Å². The van der Waals surface area contributed by atoms with E-state index in [4.69, 9.17) is 21.3 Å². The summed E-state index contributed by atoms with van der Waals surface area (Å²) in [4.78, 5) is 4.50. The van der Waals surface area contributed by atoms with Crippen molar-refractivity contribution in [1.29, 1.82) is 5.26 Å². The number of oxazole rings is 1. The first-order chi connectivity index (χ1) is 9.59. The highest BCUT2D eigenvalue weighted by molar-refractivity contribution is 6.36. The molecule has 2 heterocycles. The van der Waals surface area contributed by atoms with Crippen molar-refractivity contribution in [2.75, 3.05) is 20.1 Å². The van der Waals surface area contributed by atoms with E-state index < -0.39 is 0 Å². The molecule has 2 radical (unpaired) electrons. The summed E-state index contributed by atoms with van der Waals surface area (Å²) in [5.41, 5.74) is 2.53. The zero-order valence-corrected chi connectivity index (χ0v) is 11.9. The van der Waals surface area contributed by atoms with E-state index >= 15 is 0 Å². The molecule has 1 aromatic carbocycles. The quantitative estimate of drug-likeness (QED) is 0.797. The average molecular weight is 286 g/mol. The molecule has 0 amide bonds. The van der Waals surface area contributed by atoms with Crippen LogP contribution in [0.2, 0.25) is 5.02 Å². The molecule has 0 aliphatic carbocycles. The minimum absolute atomic E-state index is 0.585. The number of nitriles is 1. The van der Waals surface area contributed by atoms with E-state index in [1.54, 1.807) is 19.5 Å². The van der Waals surface area contributed by atoms with Crippen LogP contribution in [0.25, 0.3) is 16.7 Å². The lowest BCUT2D eigenvalue weighted by atomic mass is 9.86. The van der Waals surface area contributed by atoms with Crippen molar-refractivity contribution in [3.05, 3.63) is 35.2 Å². The van der Waals surface area contributed by atoms with E-state index in [9.17, 15) is 0 Å². The molecule has 1 unspecified atom stereocenters. The maximum atomic E-state index is 8.89. The topological polar surface area (TPSA) is 49.8 Å². The van der Waals surface area contributed by atoms with Crippen molar-refractivity contribution in [2.24, 2.45) is 0 Å². The van der Waals surface area contributed by atoms with Crippen molar-refractivity contribution in [2.45, 2.75) is 6.42 Å². The number of fused-ring (bicyclic) bond motifs is 1. The minimum Gasteiger partial charge on any atom is -0.546 e. The number of likely N-dealkylation sites (N-methyl/N-ethyl adjacent to an activating group) is 1. The van der Waals surface area contributed by atoms with Gasteiger partial charge in [0.25, 0.3) is 0 Å². The van der Waals surface area contributed by atoms with Crippen molar-refractivity contribution in [1.82, 2.24) is 4.98 Å². The summed E-state index contributed by atoms with van der Waals surface area (Å²) < 4.78 is 6.37. The van der Waals surface area contributed by atoms with Crippen molar-refractivity contribution in [3.63, 3.8) is 0 Å². The first-order valence-electron chi connectivity index (χ1n) is 6.43. The summed E-state index contributed by atoms with van der Waals surface area (Å²) in [6.45, 7) is 1.64. The van der Waals surface area contributed by atoms with Crippen LogP contribution in [0.5, 0.6) is 0 Å².